The summed E-state index contributed by atoms with van der Waals surface area (Å²) in [5, 5.41) is 0.152. The van der Waals surface area contributed by atoms with Gasteiger partial charge in [-0.2, -0.15) is 15.0 Å². The van der Waals surface area contributed by atoms with Crippen LogP contribution in [0.2, 0.25) is 5.28 Å². The third kappa shape index (κ3) is 3.91. The van der Waals surface area contributed by atoms with Gasteiger partial charge in [-0.05, 0) is 38.3 Å². The maximum atomic E-state index is 5.90. The van der Waals surface area contributed by atoms with E-state index in [1.54, 1.807) is 0 Å². The van der Waals surface area contributed by atoms with E-state index in [0.29, 0.717) is 12.6 Å². The van der Waals surface area contributed by atoms with Crippen molar-refractivity contribution in [3.8, 4) is 6.01 Å². The lowest BCUT2D eigenvalue weighted by Gasteiger charge is -2.18. The number of hydrogen-bond donors (Lipinski definition) is 0. The van der Waals surface area contributed by atoms with Gasteiger partial charge in [-0.15, -0.1) is 0 Å². The molecule has 2 heterocycles. The molecule has 0 N–H and O–H groups in total. The Hall–Kier alpha value is -1.14. The van der Waals surface area contributed by atoms with Gasteiger partial charge in [-0.3, -0.25) is 0 Å². The van der Waals surface area contributed by atoms with E-state index in [2.05, 4.69) is 15.0 Å². The van der Waals surface area contributed by atoms with Crippen LogP contribution in [-0.4, -0.2) is 47.4 Å². The first-order valence-electron chi connectivity index (χ1n) is 6.63. The molecule has 6 nitrogen and oxygen atoms in total. The highest BCUT2D eigenvalue weighted by Gasteiger charge is 2.17. The van der Waals surface area contributed by atoms with E-state index >= 15 is 0 Å². The third-order valence-corrected chi connectivity index (χ3v) is 3.21. The van der Waals surface area contributed by atoms with Crippen LogP contribution in [0.1, 0.15) is 26.7 Å². The monoisotopic (exact) mass is 286 g/mol. The van der Waals surface area contributed by atoms with E-state index in [9.17, 15) is 0 Å². The lowest BCUT2D eigenvalue weighted by atomic mass is 10.2. The molecule has 0 aliphatic carbocycles. The fourth-order valence-corrected chi connectivity index (χ4v) is 2.13. The highest BCUT2D eigenvalue weighted by atomic mass is 35.5. The molecule has 1 saturated heterocycles. The van der Waals surface area contributed by atoms with Crippen molar-refractivity contribution in [1.82, 2.24) is 15.0 Å². The van der Waals surface area contributed by atoms with Gasteiger partial charge in [0.1, 0.15) is 6.61 Å². The second-order valence-corrected chi connectivity index (χ2v) is 4.64. The molecule has 0 saturated carbocycles. The van der Waals surface area contributed by atoms with Crippen LogP contribution in [0.4, 0.5) is 5.95 Å². The molecule has 1 aromatic heterocycles. The molecule has 1 unspecified atom stereocenters. The lowest BCUT2D eigenvalue weighted by molar-refractivity contribution is 0.0645. The van der Waals surface area contributed by atoms with Crippen LogP contribution in [0.3, 0.4) is 0 Å². The van der Waals surface area contributed by atoms with Crippen molar-refractivity contribution >= 4 is 17.5 Å². The van der Waals surface area contributed by atoms with Crippen LogP contribution >= 0.6 is 11.6 Å². The molecule has 0 aromatic carbocycles. The van der Waals surface area contributed by atoms with Crippen LogP contribution in [-0.2, 0) is 4.74 Å². The summed E-state index contributed by atoms with van der Waals surface area (Å²) in [5.74, 6) is 0.548. The Labute approximate surface area is 118 Å². The molecule has 1 atom stereocenters. The summed E-state index contributed by atoms with van der Waals surface area (Å²) in [7, 11) is 0. The molecule has 2 rings (SSSR count). The SMILES string of the molecule is CCN(CC)c1nc(Cl)nc(OCC2CCCO2)n1. The van der Waals surface area contributed by atoms with Crippen LogP contribution in [0.25, 0.3) is 0 Å². The molecule has 1 aliphatic heterocycles. The summed E-state index contributed by atoms with van der Waals surface area (Å²) in [6.45, 7) is 6.95. The quantitative estimate of drug-likeness (QED) is 0.796. The lowest BCUT2D eigenvalue weighted by Crippen LogP contribution is -2.25. The van der Waals surface area contributed by atoms with Crippen molar-refractivity contribution in [2.45, 2.75) is 32.8 Å². The van der Waals surface area contributed by atoms with Gasteiger partial charge < -0.3 is 14.4 Å². The molecular formula is C12H19ClN4O2. The van der Waals surface area contributed by atoms with Gasteiger partial charge in [0, 0.05) is 19.7 Å². The molecule has 1 aromatic rings. The van der Waals surface area contributed by atoms with Gasteiger partial charge in [-0.25, -0.2) is 0 Å². The van der Waals surface area contributed by atoms with Crippen molar-refractivity contribution in [1.29, 1.82) is 0 Å². The average molecular weight is 287 g/mol. The number of halogens is 1. The zero-order valence-electron chi connectivity index (χ0n) is 11.3. The molecular weight excluding hydrogens is 268 g/mol. The minimum Gasteiger partial charge on any atom is -0.461 e. The van der Waals surface area contributed by atoms with Crippen LogP contribution in [0.5, 0.6) is 6.01 Å². The average Bonchev–Trinajstić information content (AvgIpc) is 2.90. The number of aromatic nitrogens is 3. The first-order chi connectivity index (χ1) is 9.22. The molecule has 0 radical (unpaired) electrons. The number of hydrogen-bond acceptors (Lipinski definition) is 6. The molecule has 106 valence electrons. The van der Waals surface area contributed by atoms with Gasteiger partial charge in [0.2, 0.25) is 11.2 Å². The summed E-state index contributed by atoms with van der Waals surface area (Å²) in [5.41, 5.74) is 0. The first kappa shape index (κ1) is 14.3. The fourth-order valence-electron chi connectivity index (χ4n) is 1.98. The zero-order valence-corrected chi connectivity index (χ0v) is 12.1. The molecule has 0 amide bonds. The predicted octanol–water partition coefficient (Wildman–Crippen LogP) is 1.93. The Balaban J connectivity index is 2.03. The van der Waals surface area contributed by atoms with E-state index in [1.807, 2.05) is 18.7 Å². The minimum atomic E-state index is 0.132. The van der Waals surface area contributed by atoms with Crippen LogP contribution in [0, 0.1) is 0 Å². The number of ether oxygens (including phenoxy) is 2. The predicted molar refractivity (Wildman–Crippen MR) is 72.9 cm³/mol. The van der Waals surface area contributed by atoms with Crippen LogP contribution < -0.4 is 9.64 Å². The summed E-state index contributed by atoms with van der Waals surface area (Å²) < 4.78 is 11.0. The molecule has 0 bridgehead atoms. The van der Waals surface area contributed by atoms with Gasteiger partial charge in [0.15, 0.2) is 0 Å². The second kappa shape index (κ2) is 6.86. The Kier molecular flexibility index (Phi) is 5.15. The van der Waals surface area contributed by atoms with E-state index in [0.717, 1.165) is 32.5 Å². The molecule has 19 heavy (non-hydrogen) atoms. The molecule has 1 fully saturated rings. The summed E-state index contributed by atoms with van der Waals surface area (Å²) in [6, 6.07) is 0.261. The highest BCUT2D eigenvalue weighted by Crippen LogP contribution is 2.17. The topological polar surface area (TPSA) is 60.4 Å². The number of nitrogens with zero attached hydrogens (tertiary/aromatic N) is 4. The molecule has 1 aliphatic rings. The maximum Gasteiger partial charge on any atom is 0.322 e. The Bertz CT molecular complexity index is 409. The minimum absolute atomic E-state index is 0.132. The first-order valence-corrected chi connectivity index (χ1v) is 7.01. The third-order valence-electron chi connectivity index (χ3n) is 3.04. The fraction of sp³-hybridized carbons (Fsp3) is 0.750. The van der Waals surface area contributed by atoms with Gasteiger partial charge in [0.05, 0.1) is 6.10 Å². The summed E-state index contributed by atoms with van der Waals surface area (Å²) in [6.07, 6.45) is 2.23. The molecule has 0 spiro atoms. The summed E-state index contributed by atoms with van der Waals surface area (Å²) >= 11 is 5.90. The zero-order chi connectivity index (χ0) is 13.7. The Morgan fingerprint density at radius 2 is 2.11 bits per heavy atom. The largest absolute Gasteiger partial charge is 0.461 e. The van der Waals surface area contributed by atoms with E-state index < -0.39 is 0 Å². The number of rotatable bonds is 6. The maximum absolute atomic E-state index is 5.90. The van der Waals surface area contributed by atoms with Gasteiger partial charge in [-0.1, -0.05) is 0 Å². The van der Waals surface area contributed by atoms with Crippen molar-refractivity contribution in [2.24, 2.45) is 0 Å². The Morgan fingerprint density at radius 1 is 1.32 bits per heavy atom. The number of anilines is 1. The standard InChI is InChI=1S/C12H19ClN4O2/c1-3-17(4-2)11-14-10(13)15-12(16-11)19-8-9-6-5-7-18-9/h9H,3-8H2,1-2H3. The van der Waals surface area contributed by atoms with Gasteiger partial charge in [0.25, 0.3) is 0 Å². The van der Waals surface area contributed by atoms with E-state index in [4.69, 9.17) is 21.1 Å². The van der Waals surface area contributed by atoms with Crippen molar-refractivity contribution in [3.05, 3.63) is 5.28 Å². The van der Waals surface area contributed by atoms with E-state index in [-0.39, 0.29) is 17.4 Å². The smallest absolute Gasteiger partial charge is 0.322 e. The summed E-state index contributed by atoms with van der Waals surface area (Å²) in [4.78, 5) is 14.4. The van der Waals surface area contributed by atoms with Gasteiger partial charge >= 0.3 is 6.01 Å². The van der Waals surface area contributed by atoms with Crippen LogP contribution in [0.15, 0.2) is 0 Å². The van der Waals surface area contributed by atoms with Crippen molar-refractivity contribution in [2.75, 3.05) is 31.2 Å². The Morgan fingerprint density at radius 3 is 2.74 bits per heavy atom. The van der Waals surface area contributed by atoms with Crippen molar-refractivity contribution in [3.63, 3.8) is 0 Å². The second-order valence-electron chi connectivity index (χ2n) is 4.31. The van der Waals surface area contributed by atoms with E-state index in [1.165, 1.54) is 0 Å². The molecule has 7 heteroatoms. The van der Waals surface area contributed by atoms with Crippen molar-refractivity contribution < 1.29 is 9.47 Å². The normalized spacial score (nSPS) is 18.6. The highest BCUT2D eigenvalue weighted by molar-refractivity contribution is 6.28.